The van der Waals surface area contributed by atoms with E-state index in [1.807, 2.05) is 0 Å². The zero-order valence-electron chi connectivity index (χ0n) is 13.1. The van der Waals surface area contributed by atoms with Crippen LogP contribution in [0.2, 0.25) is 0 Å². The number of urea groups is 1. The highest BCUT2D eigenvalue weighted by Gasteiger charge is 2.04. The summed E-state index contributed by atoms with van der Waals surface area (Å²) < 4.78 is 0. The van der Waals surface area contributed by atoms with E-state index < -0.39 is 11.0 Å². The van der Waals surface area contributed by atoms with Crippen LogP contribution in [0.3, 0.4) is 0 Å². The number of nitrogens with two attached hydrogens (primary N) is 1. The van der Waals surface area contributed by atoms with Gasteiger partial charge in [0.2, 0.25) is 5.91 Å². The van der Waals surface area contributed by atoms with Crippen molar-refractivity contribution in [2.45, 2.75) is 6.54 Å². The molecule has 2 aromatic rings. The standard InChI is InChI=1S/C17H16N4O4/c18-17(23)20-14-7-4-13(5-8-14)11-19-16(22)9-6-12-2-1-3-15(10-12)21(24)25/h1-10H,11H2,(H,19,22)(H3,18,20,23)/b9-6+. The van der Waals surface area contributed by atoms with Crippen LogP contribution < -0.4 is 16.4 Å². The predicted molar refractivity (Wildman–Crippen MR) is 93.6 cm³/mol. The summed E-state index contributed by atoms with van der Waals surface area (Å²) >= 11 is 0. The molecular weight excluding hydrogens is 324 g/mol. The van der Waals surface area contributed by atoms with E-state index in [0.29, 0.717) is 17.8 Å². The molecule has 0 aliphatic heterocycles. The highest BCUT2D eigenvalue weighted by molar-refractivity contribution is 5.91. The van der Waals surface area contributed by atoms with Gasteiger partial charge in [0.1, 0.15) is 0 Å². The molecule has 4 N–H and O–H groups in total. The number of nitrogens with zero attached hydrogens (tertiary/aromatic N) is 1. The van der Waals surface area contributed by atoms with Crippen LogP contribution in [0.25, 0.3) is 6.08 Å². The second-order valence-electron chi connectivity index (χ2n) is 5.09. The SMILES string of the molecule is NC(=O)Nc1ccc(CNC(=O)/C=C/c2cccc([N+](=O)[O-])c2)cc1. The number of benzene rings is 2. The second-order valence-corrected chi connectivity index (χ2v) is 5.09. The first-order valence-corrected chi connectivity index (χ1v) is 7.30. The fraction of sp³-hybridized carbons (Fsp3) is 0.0588. The van der Waals surface area contributed by atoms with Crippen LogP contribution in [0.5, 0.6) is 0 Å². The molecule has 0 unspecified atom stereocenters. The Bertz CT molecular complexity index is 816. The van der Waals surface area contributed by atoms with E-state index >= 15 is 0 Å². The van der Waals surface area contributed by atoms with Crippen LogP contribution in [0.1, 0.15) is 11.1 Å². The van der Waals surface area contributed by atoms with Gasteiger partial charge in [-0.25, -0.2) is 4.79 Å². The molecule has 8 heteroatoms. The summed E-state index contributed by atoms with van der Waals surface area (Å²) in [5.41, 5.74) is 6.95. The summed E-state index contributed by atoms with van der Waals surface area (Å²) in [5, 5.41) is 15.8. The molecule has 0 saturated carbocycles. The molecule has 0 atom stereocenters. The number of amides is 3. The Kier molecular flexibility index (Phi) is 5.83. The summed E-state index contributed by atoms with van der Waals surface area (Å²) in [6, 6.07) is 12.2. The third-order valence-electron chi connectivity index (χ3n) is 3.20. The maximum atomic E-state index is 11.8. The van der Waals surface area contributed by atoms with Gasteiger partial charge in [-0.2, -0.15) is 0 Å². The summed E-state index contributed by atoms with van der Waals surface area (Å²) in [7, 11) is 0. The quantitative estimate of drug-likeness (QED) is 0.424. The van der Waals surface area contributed by atoms with Gasteiger partial charge in [0.15, 0.2) is 0 Å². The molecule has 0 fully saturated rings. The summed E-state index contributed by atoms with van der Waals surface area (Å²) in [5.74, 6) is -0.328. The first kappa shape index (κ1) is 17.7. The molecule has 0 radical (unpaired) electrons. The van der Waals surface area contributed by atoms with E-state index in [-0.39, 0.29) is 11.6 Å². The van der Waals surface area contributed by atoms with Crippen LogP contribution in [-0.2, 0) is 11.3 Å². The van der Waals surface area contributed by atoms with Crippen molar-refractivity contribution in [3.63, 3.8) is 0 Å². The minimum Gasteiger partial charge on any atom is -0.351 e. The number of hydrogen-bond donors (Lipinski definition) is 3. The predicted octanol–water partition coefficient (Wildman–Crippen LogP) is 2.42. The Morgan fingerprint density at radius 2 is 1.88 bits per heavy atom. The van der Waals surface area contributed by atoms with Gasteiger partial charge in [-0.1, -0.05) is 24.3 Å². The minimum atomic E-state index is -0.646. The van der Waals surface area contributed by atoms with Crippen molar-refractivity contribution in [1.29, 1.82) is 0 Å². The number of nitro benzene ring substituents is 1. The number of non-ortho nitro benzene ring substituents is 1. The Balaban J connectivity index is 1.89. The third-order valence-corrected chi connectivity index (χ3v) is 3.20. The van der Waals surface area contributed by atoms with Crippen molar-refractivity contribution in [2.24, 2.45) is 5.73 Å². The Labute approximate surface area is 143 Å². The highest BCUT2D eigenvalue weighted by atomic mass is 16.6. The first-order chi connectivity index (χ1) is 11.9. The number of rotatable bonds is 6. The minimum absolute atomic E-state index is 0.0350. The smallest absolute Gasteiger partial charge is 0.316 e. The van der Waals surface area contributed by atoms with Gasteiger partial charge in [-0.05, 0) is 29.3 Å². The topological polar surface area (TPSA) is 127 Å². The Morgan fingerprint density at radius 3 is 2.52 bits per heavy atom. The fourth-order valence-corrected chi connectivity index (χ4v) is 2.01. The van der Waals surface area contributed by atoms with Gasteiger partial charge in [0.05, 0.1) is 4.92 Å². The average molecular weight is 340 g/mol. The summed E-state index contributed by atoms with van der Waals surface area (Å²) in [4.78, 5) is 32.8. The number of carbonyl (C=O) groups is 2. The lowest BCUT2D eigenvalue weighted by molar-refractivity contribution is -0.384. The average Bonchev–Trinajstić information content (AvgIpc) is 2.59. The maximum absolute atomic E-state index is 11.8. The summed E-state index contributed by atoms with van der Waals surface area (Å²) in [6.45, 7) is 0.301. The molecule has 0 bridgehead atoms. The third kappa shape index (κ3) is 5.79. The number of primary amides is 1. The molecule has 128 valence electrons. The normalized spacial score (nSPS) is 10.4. The van der Waals surface area contributed by atoms with Crippen LogP contribution in [-0.4, -0.2) is 16.9 Å². The molecule has 0 aliphatic rings. The lowest BCUT2D eigenvalue weighted by atomic mass is 10.2. The molecule has 3 amide bonds. The van der Waals surface area contributed by atoms with Gasteiger partial charge in [-0.15, -0.1) is 0 Å². The van der Waals surface area contributed by atoms with Gasteiger partial charge >= 0.3 is 6.03 Å². The molecule has 0 aromatic heterocycles. The van der Waals surface area contributed by atoms with Crippen molar-refractivity contribution >= 4 is 29.4 Å². The molecule has 2 aromatic carbocycles. The zero-order chi connectivity index (χ0) is 18.2. The number of carbonyl (C=O) groups excluding carboxylic acids is 2. The lowest BCUT2D eigenvalue weighted by Gasteiger charge is -2.05. The molecule has 0 spiro atoms. The molecule has 25 heavy (non-hydrogen) atoms. The van der Waals surface area contributed by atoms with Gasteiger partial charge in [0, 0.05) is 30.4 Å². The van der Waals surface area contributed by atoms with Crippen molar-refractivity contribution in [2.75, 3.05) is 5.32 Å². The van der Waals surface area contributed by atoms with Crippen molar-refractivity contribution in [1.82, 2.24) is 5.32 Å². The summed E-state index contributed by atoms with van der Waals surface area (Å²) in [6.07, 6.45) is 2.81. The number of hydrogen-bond acceptors (Lipinski definition) is 4. The lowest BCUT2D eigenvalue weighted by Crippen LogP contribution is -2.20. The first-order valence-electron chi connectivity index (χ1n) is 7.30. The molecule has 0 aliphatic carbocycles. The van der Waals surface area contributed by atoms with Crippen LogP contribution in [0, 0.1) is 10.1 Å². The number of anilines is 1. The maximum Gasteiger partial charge on any atom is 0.316 e. The van der Waals surface area contributed by atoms with E-state index in [0.717, 1.165) is 5.56 Å². The van der Waals surface area contributed by atoms with Crippen LogP contribution in [0.4, 0.5) is 16.2 Å². The number of nitro groups is 1. The number of nitrogens with one attached hydrogen (secondary N) is 2. The van der Waals surface area contributed by atoms with E-state index in [4.69, 9.17) is 5.73 Å². The molecular formula is C17H16N4O4. The van der Waals surface area contributed by atoms with Gasteiger partial charge < -0.3 is 16.4 Å². The van der Waals surface area contributed by atoms with E-state index in [2.05, 4.69) is 10.6 Å². The van der Waals surface area contributed by atoms with E-state index in [1.54, 1.807) is 36.4 Å². The Morgan fingerprint density at radius 1 is 1.16 bits per heavy atom. The van der Waals surface area contributed by atoms with E-state index in [1.165, 1.54) is 24.3 Å². The molecule has 8 nitrogen and oxygen atoms in total. The van der Waals surface area contributed by atoms with Crippen LogP contribution >= 0.6 is 0 Å². The van der Waals surface area contributed by atoms with E-state index in [9.17, 15) is 19.7 Å². The molecule has 0 saturated heterocycles. The molecule has 0 heterocycles. The zero-order valence-corrected chi connectivity index (χ0v) is 13.1. The monoisotopic (exact) mass is 340 g/mol. The second kappa shape index (κ2) is 8.25. The van der Waals surface area contributed by atoms with Crippen molar-refractivity contribution in [3.8, 4) is 0 Å². The Hall–Kier alpha value is -3.68. The van der Waals surface area contributed by atoms with Crippen LogP contribution in [0.15, 0.2) is 54.6 Å². The molecule has 2 rings (SSSR count). The van der Waals surface area contributed by atoms with Crippen molar-refractivity contribution < 1.29 is 14.5 Å². The fourth-order valence-electron chi connectivity index (χ4n) is 2.01. The largest absolute Gasteiger partial charge is 0.351 e. The van der Waals surface area contributed by atoms with Gasteiger partial charge in [0.25, 0.3) is 5.69 Å². The highest BCUT2D eigenvalue weighted by Crippen LogP contribution is 2.14. The van der Waals surface area contributed by atoms with Gasteiger partial charge in [-0.3, -0.25) is 14.9 Å². The van der Waals surface area contributed by atoms with Crippen molar-refractivity contribution in [3.05, 3.63) is 75.8 Å².